The van der Waals surface area contributed by atoms with Crippen molar-refractivity contribution in [1.82, 2.24) is 20.5 Å². The van der Waals surface area contributed by atoms with E-state index in [9.17, 15) is 4.79 Å². The van der Waals surface area contributed by atoms with Crippen molar-refractivity contribution < 1.29 is 9.53 Å². The summed E-state index contributed by atoms with van der Waals surface area (Å²) in [5, 5.41) is 6.48. The molecule has 1 heterocycles. The molecule has 170 valence electrons. The number of amides is 1. The molecule has 0 unspecified atom stereocenters. The number of nitrogens with one attached hydrogen (secondary N) is 2. The van der Waals surface area contributed by atoms with Gasteiger partial charge in [0, 0.05) is 51.6 Å². The molecule has 1 saturated carbocycles. The lowest BCUT2D eigenvalue weighted by Gasteiger charge is -2.22. The average Bonchev–Trinajstić information content (AvgIpc) is 2.76. The summed E-state index contributed by atoms with van der Waals surface area (Å²) >= 11 is 0. The predicted molar refractivity (Wildman–Crippen MR) is 132 cm³/mol. The van der Waals surface area contributed by atoms with Gasteiger partial charge in [0.2, 0.25) is 5.91 Å². The molecule has 8 heteroatoms. The Morgan fingerprint density at radius 2 is 2.07 bits per heavy atom. The van der Waals surface area contributed by atoms with Crippen LogP contribution in [0.15, 0.2) is 29.4 Å². The van der Waals surface area contributed by atoms with E-state index in [1.807, 2.05) is 32.2 Å². The third kappa shape index (κ3) is 11.1. The number of aromatic nitrogens is 1. The molecule has 1 fully saturated rings. The zero-order valence-electron chi connectivity index (χ0n) is 18.4. The minimum atomic E-state index is -0.00114. The molecule has 0 aromatic carbocycles. The Kier molecular flexibility index (Phi) is 14.5. The molecule has 30 heavy (non-hydrogen) atoms. The highest BCUT2D eigenvalue weighted by atomic mass is 127. The molecule has 1 aromatic rings. The molecule has 2 N–H and O–H groups in total. The number of halogens is 1. The molecule has 1 amide bonds. The number of carbonyl (C=O) groups excluding carboxylic acids is 1. The molecular weight excluding hydrogens is 493 g/mol. The molecule has 2 rings (SSSR count). The number of nitrogens with zero attached hydrogens (tertiary/aromatic N) is 3. The molecular formula is C22H38IN5O2. The molecule has 7 nitrogen and oxygen atoms in total. The Morgan fingerprint density at radius 1 is 1.27 bits per heavy atom. The van der Waals surface area contributed by atoms with Crippen LogP contribution in [0.4, 0.5) is 0 Å². The lowest BCUT2D eigenvalue weighted by Crippen LogP contribution is -2.39. The summed E-state index contributed by atoms with van der Waals surface area (Å²) in [4.78, 5) is 22.8. The minimum absolute atomic E-state index is 0. The number of likely N-dealkylation sites (N-methyl/N-ethyl adjacent to an activating group) is 1. The molecule has 0 radical (unpaired) electrons. The largest absolute Gasteiger partial charge is 0.378 e. The maximum Gasteiger partial charge on any atom is 0.244 e. The summed E-state index contributed by atoms with van der Waals surface area (Å²) in [6, 6.07) is 5.83. The first-order valence-electron chi connectivity index (χ1n) is 11.0. The van der Waals surface area contributed by atoms with E-state index in [1.165, 1.54) is 32.1 Å². The van der Waals surface area contributed by atoms with Gasteiger partial charge in [0.15, 0.2) is 5.96 Å². The summed E-state index contributed by atoms with van der Waals surface area (Å²) in [5.74, 6) is 0.676. The van der Waals surface area contributed by atoms with E-state index in [0.29, 0.717) is 18.6 Å². The monoisotopic (exact) mass is 531 g/mol. The number of guanidine groups is 1. The molecule has 0 bridgehead atoms. The first kappa shape index (κ1) is 26.6. The van der Waals surface area contributed by atoms with Crippen LogP contribution in [0.2, 0.25) is 0 Å². The van der Waals surface area contributed by atoms with E-state index in [2.05, 4.69) is 20.6 Å². The van der Waals surface area contributed by atoms with Crippen molar-refractivity contribution >= 4 is 35.8 Å². The predicted octanol–water partition coefficient (Wildman–Crippen LogP) is 3.00. The Hall–Kier alpha value is -1.42. The van der Waals surface area contributed by atoms with Crippen molar-refractivity contribution in [3.05, 3.63) is 30.1 Å². The van der Waals surface area contributed by atoms with E-state index < -0.39 is 0 Å². The number of ether oxygens (including phenoxy) is 1. The van der Waals surface area contributed by atoms with E-state index in [4.69, 9.17) is 4.74 Å². The first-order chi connectivity index (χ1) is 14.2. The zero-order chi connectivity index (χ0) is 20.7. The number of carbonyl (C=O) groups is 1. The molecule has 0 spiro atoms. The van der Waals surface area contributed by atoms with Gasteiger partial charge in [0.05, 0.1) is 6.10 Å². The van der Waals surface area contributed by atoms with Gasteiger partial charge in [-0.15, -0.1) is 24.0 Å². The summed E-state index contributed by atoms with van der Waals surface area (Å²) in [5.41, 5.74) is 0.987. The third-order valence-corrected chi connectivity index (χ3v) is 5.09. The lowest BCUT2D eigenvalue weighted by atomic mass is 9.98. The Balaban J connectivity index is 0.00000450. The van der Waals surface area contributed by atoms with Gasteiger partial charge in [-0.3, -0.25) is 9.78 Å². The Morgan fingerprint density at radius 3 is 2.77 bits per heavy atom. The van der Waals surface area contributed by atoms with Crippen molar-refractivity contribution in [1.29, 1.82) is 0 Å². The fourth-order valence-corrected chi connectivity index (χ4v) is 3.32. The van der Waals surface area contributed by atoms with Crippen LogP contribution in [0.1, 0.15) is 51.1 Å². The standard InChI is InChI=1S/C22H37N5O2.HI/c1-3-23-22(25-15-9-17-29-20-11-5-4-6-12-20)26-18-21(28)27(2)16-13-19-10-7-8-14-24-19;/h7-8,10,14,20H,3-6,9,11-13,15-18H2,1-2H3,(H2,23,25,26);1H. The SMILES string of the molecule is CCNC(=NCC(=O)N(C)CCc1ccccn1)NCCCOC1CCCCC1.I. The summed E-state index contributed by atoms with van der Waals surface area (Å²) in [7, 11) is 1.81. The summed E-state index contributed by atoms with van der Waals surface area (Å²) in [6.07, 6.45) is 10.2. The minimum Gasteiger partial charge on any atom is -0.378 e. The van der Waals surface area contributed by atoms with Gasteiger partial charge < -0.3 is 20.3 Å². The second kappa shape index (κ2) is 16.3. The van der Waals surface area contributed by atoms with Crippen LogP contribution in [0.3, 0.4) is 0 Å². The highest BCUT2D eigenvalue weighted by Gasteiger charge is 2.13. The smallest absolute Gasteiger partial charge is 0.244 e. The number of hydrogen-bond acceptors (Lipinski definition) is 4. The number of hydrogen-bond donors (Lipinski definition) is 2. The average molecular weight is 531 g/mol. The van der Waals surface area contributed by atoms with Crippen molar-refractivity contribution in [2.24, 2.45) is 4.99 Å². The Labute approximate surface area is 198 Å². The van der Waals surface area contributed by atoms with E-state index in [0.717, 1.165) is 38.2 Å². The third-order valence-electron chi connectivity index (χ3n) is 5.09. The summed E-state index contributed by atoms with van der Waals surface area (Å²) < 4.78 is 5.95. The van der Waals surface area contributed by atoms with Crippen molar-refractivity contribution in [2.45, 2.75) is 58.0 Å². The van der Waals surface area contributed by atoms with Gasteiger partial charge in [-0.25, -0.2) is 4.99 Å². The molecule has 0 atom stereocenters. The van der Waals surface area contributed by atoms with Crippen LogP contribution < -0.4 is 10.6 Å². The lowest BCUT2D eigenvalue weighted by molar-refractivity contribution is -0.128. The van der Waals surface area contributed by atoms with Gasteiger partial charge in [-0.1, -0.05) is 25.3 Å². The van der Waals surface area contributed by atoms with Gasteiger partial charge in [0.25, 0.3) is 0 Å². The second-order valence-corrected chi connectivity index (χ2v) is 7.49. The number of rotatable bonds is 11. The topological polar surface area (TPSA) is 78.9 Å². The van der Waals surface area contributed by atoms with E-state index in [1.54, 1.807) is 11.1 Å². The molecule has 1 aromatic heterocycles. The fourth-order valence-electron chi connectivity index (χ4n) is 3.32. The van der Waals surface area contributed by atoms with Crippen molar-refractivity contribution in [3.63, 3.8) is 0 Å². The molecule has 1 aliphatic carbocycles. The summed E-state index contributed by atoms with van der Waals surface area (Å²) in [6.45, 7) is 5.09. The molecule has 1 aliphatic rings. The first-order valence-corrected chi connectivity index (χ1v) is 11.0. The van der Waals surface area contributed by atoms with E-state index in [-0.39, 0.29) is 36.4 Å². The van der Waals surface area contributed by atoms with Crippen LogP contribution in [0.5, 0.6) is 0 Å². The zero-order valence-corrected chi connectivity index (χ0v) is 20.8. The normalized spacial score (nSPS) is 14.7. The Bertz CT molecular complexity index is 609. The van der Waals surface area contributed by atoms with Gasteiger partial charge in [0.1, 0.15) is 6.54 Å². The van der Waals surface area contributed by atoms with Crippen LogP contribution in [-0.2, 0) is 16.0 Å². The van der Waals surface area contributed by atoms with Crippen LogP contribution in [0, 0.1) is 0 Å². The fraction of sp³-hybridized carbons (Fsp3) is 0.682. The maximum absolute atomic E-state index is 12.3. The van der Waals surface area contributed by atoms with Gasteiger partial charge >= 0.3 is 0 Å². The van der Waals surface area contributed by atoms with Crippen LogP contribution in [-0.4, -0.2) is 67.7 Å². The quantitative estimate of drug-likeness (QED) is 0.199. The highest BCUT2D eigenvalue weighted by Crippen LogP contribution is 2.20. The molecule has 0 aliphatic heterocycles. The van der Waals surface area contributed by atoms with E-state index >= 15 is 0 Å². The van der Waals surface area contributed by atoms with Crippen LogP contribution in [0.25, 0.3) is 0 Å². The molecule has 0 saturated heterocycles. The number of aliphatic imine (C=N–C) groups is 1. The number of pyridine rings is 1. The van der Waals surface area contributed by atoms with Crippen molar-refractivity contribution in [3.8, 4) is 0 Å². The second-order valence-electron chi connectivity index (χ2n) is 7.49. The highest BCUT2D eigenvalue weighted by molar-refractivity contribution is 14.0. The van der Waals surface area contributed by atoms with Gasteiger partial charge in [-0.05, 0) is 38.3 Å². The van der Waals surface area contributed by atoms with Gasteiger partial charge in [-0.2, -0.15) is 0 Å². The maximum atomic E-state index is 12.3. The van der Waals surface area contributed by atoms with Crippen molar-refractivity contribution in [2.75, 3.05) is 39.8 Å². The van der Waals surface area contributed by atoms with Crippen LogP contribution >= 0.6 is 24.0 Å².